The largest absolute Gasteiger partial charge is 0.308 e. The fourth-order valence-electron chi connectivity index (χ4n) is 2.41. The molecule has 2 atom stereocenters. The van der Waals surface area contributed by atoms with Crippen molar-refractivity contribution < 1.29 is 4.39 Å². The Morgan fingerprint density at radius 3 is 2.45 bits per heavy atom. The van der Waals surface area contributed by atoms with Crippen molar-refractivity contribution >= 4 is 0 Å². The molecule has 2 aromatic carbocycles. The van der Waals surface area contributed by atoms with Gasteiger partial charge in [0.05, 0.1) is 0 Å². The molecule has 0 radical (unpaired) electrons. The van der Waals surface area contributed by atoms with Crippen LogP contribution in [0.4, 0.5) is 4.39 Å². The van der Waals surface area contributed by atoms with Crippen LogP contribution in [0.5, 0.6) is 0 Å². The number of hydrogen-bond donors (Lipinski definition) is 1. The van der Waals surface area contributed by atoms with Crippen molar-refractivity contribution in [3.63, 3.8) is 0 Å². The number of halogens is 1. The summed E-state index contributed by atoms with van der Waals surface area (Å²) in [4.78, 5) is 0. The fourth-order valence-corrected chi connectivity index (χ4v) is 2.41. The molecule has 0 bridgehead atoms. The molecule has 2 heteroatoms. The highest BCUT2D eigenvalue weighted by molar-refractivity contribution is 5.19. The Morgan fingerprint density at radius 1 is 1.00 bits per heavy atom. The van der Waals surface area contributed by atoms with Gasteiger partial charge in [0.15, 0.2) is 0 Å². The molecule has 0 saturated carbocycles. The second-order valence-electron chi connectivity index (χ2n) is 5.37. The van der Waals surface area contributed by atoms with Gasteiger partial charge in [-0.3, -0.25) is 0 Å². The third-order valence-electron chi connectivity index (χ3n) is 3.59. The van der Waals surface area contributed by atoms with Crippen LogP contribution in [0.1, 0.15) is 37.4 Å². The molecule has 20 heavy (non-hydrogen) atoms. The van der Waals surface area contributed by atoms with Crippen molar-refractivity contribution in [3.8, 4) is 0 Å². The quantitative estimate of drug-likeness (QED) is 0.815. The summed E-state index contributed by atoms with van der Waals surface area (Å²) in [5, 5.41) is 3.53. The van der Waals surface area contributed by atoms with E-state index in [4.69, 9.17) is 0 Å². The van der Waals surface area contributed by atoms with E-state index in [0.717, 1.165) is 18.4 Å². The van der Waals surface area contributed by atoms with Gasteiger partial charge in [-0.15, -0.1) is 0 Å². The molecule has 0 fully saturated rings. The highest BCUT2D eigenvalue weighted by Crippen LogP contribution is 2.15. The van der Waals surface area contributed by atoms with Crippen LogP contribution in [-0.4, -0.2) is 6.04 Å². The van der Waals surface area contributed by atoms with Crippen LogP contribution in [0.25, 0.3) is 0 Å². The molecule has 2 aromatic rings. The first-order valence-electron chi connectivity index (χ1n) is 7.20. The van der Waals surface area contributed by atoms with Crippen LogP contribution in [-0.2, 0) is 6.42 Å². The van der Waals surface area contributed by atoms with E-state index >= 15 is 0 Å². The Bertz CT molecular complexity index is 524. The minimum atomic E-state index is -0.173. The molecule has 0 heterocycles. The third kappa shape index (κ3) is 4.46. The zero-order valence-electron chi connectivity index (χ0n) is 12.1. The first kappa shape index (κ1) is 14.7. The molecule has 0 aliphatic carbocycles. The van der Waals surface area contributed by atoms with Crippen LogP contribution in [0.3, 0.4) is 0 Å². The molecular formula is C18H22FN. The molecule has 1 unspecified atom stereocenters. The number of nitrogens with one attached hydrogen (secondary N) is 1. The summed E-state index contributed by atoms with van der Waals surface area (Å²) in [6, 6.07) is 17.9. The van der Waals surface area contributed by atoms with Gasteiger partial charge in [0.25, 0.3) is 0 Å². The van der Waals surface area contributed by atoms with Gasteiger partial charge in [-0.1, -0.05) is 42.5 Å². The lowest BCUT2D eigenvalue weighted by Gasteiger charge is -2.20. The second-order valence-corrected chi connectivity index (χ2v) is 5.37. The lowest BCUT2D eigenvalue weighted by molar-refractivity contribution is 0.455. The van der Waals surface area contributed by atoms with Gasteiger partial charge in [0.1, 0.15) is 5.82 Å². The zero-order valence-corrected chi connectivity index (χ0v) is 12.1. The van der Waals surface area contributed by atoms with Gasteiger partial charge in [0, 0.05) is 12.1 Å². The maximum atomic E-state index is 13.2. The number of rotatable bonds is 6. The zero-order chi connectivity index (χ0) is 14.4. The third-order valence-corrected chi connectivity index (χ3v) is 3.59. The highest BCUT2D eigenvalue weighted by Gasteiger charge is 2.10. The van der Waals surface area contributed by atoms with Crippen LogP contribution in [0.2, 0.25) is 0 Å². The van der Waals surface area contributed by atoms with Crippen molar-refractivity contribution in [2.75, 3.05) is 0 Å². The fraction of sp³-hybridized carbons (Fsp3) is 0.333. The Kier molecular flexibility index (Phi) is 5.31. The summed E-state index contributed by atoms with van der Waals surface area (Å²) >= 11 is 0. The minimum absolute atomic E-state index is 0.163. The average molecular weight is 271 g/mol. The number of aryl methyl sites for hydroxylation is 1. The summed E-state index contributed by atoms with van der Waals surface area (Å²) < 4.78 is 13.2. The number of hydrogen-bond acceptors (Lipinski definition) is 1. The van der Waals surface area contributed by atoms with Crippen molar-refractivity contribution in [3.05, 3.63) is 71.5 Å². The van der Waals surface area contributed by atoms with Crippen LogP contribution in [0.15, 0.2) is 54.6 Å². The summed E-state index contributed by atoms with van der Waals surface area (Å²) in [6.07, 6.45) is 2.13. The minimum Gasteiger partial charge on any atom is -0.308 e. The van der Waals surface area contributed by atoms with Crippen LogP contribution >= 0.6 is 0 Å². The molecular weight excluding hydrogens is 249 g/mol. The maximum absolute atomic E-state index is 13.2. The molecule has 0 aromatic heterocycles. The van der Waals surface area contributed by atoms with E-state index in [2.05, 4.69) is 43.4 Å². The topological polar surface area (TPSA) is 12.0 Å². The van der Waals surface area contributed by atoms with Gasteiger partial charge in [-0.25, -0.2) is 4.39 Å². The van der Waals surface area contributed by atoms with Gasteiger partial charge in [-0.05, 0) is 49.9 Å². The first-order chi connectivity index (χ1) is 9.65. The van der Waals surface area contributed by atoms with E-state index in [0.29, 0.717) is 6.04 Å². The van der Waals surface area contributed by atoms with Crippen LogP contribution in [0, 0.1) is 5.82 Å². The maximum Gasteiger partial charge on any atom is 0.123 e. The first-order valence-corrected chi connectivity index (χ1v) is 7.20. The van der Waals surface area contributed by atoms with Gasteiger partial charge in [-0.2, -0.15) is 0 Å². The van der Waals surface area contributed by atoms with Gasteiger partial charge >= 0.3 is 0 Å². The summed E-state index contributed by atoms with van der Waals surface area (Å²) in [6.45, 7) is 4.26. The van der Waals surface area contributed by atoms with Crippen molar-refractivity contribution in [1.29, 1.82) is 0 Å². The molecule has 1 N–H and O–H groups in total. The predicted molar refractivity (Wildman–Crippen MR) is 82.2 cm³/mol. The standard InChI is InChI=1S/C18H22FN/c1-14(11-12-16-7-4-3-5-8-16)20-15(2)17-9-6-10-18(19)13-17/h3-10,13-15,20H,11-12H2,1-2H3/t14?,15-/m0/s1. The molecule has 0 aliphatic rings. The Hall–Kier alpha value is -1.67. The normalized spacial score (nSPS) is 13.9. The SMILES string of the molecule is CC(CCc1ccccc1)N[C@@H](C)c1cccc(F)c1. The van der Waals surface area contributed by atoms with Crippen LogP contribution < -0.4 is 5.32 Å². The Morgan fingerprint density at radius 2 is 1.75 bits per heavy atom. The highest BCUT2D eigenvalue weighted by atomic mass is 19.1. The molecule has 0 amide bonds. The van der Waals surface area contributed by atoms with Gasteiger partial charge in [0.2, 0.25) is 0 Å². The lowest BCUT2D eigenvalue weighted by atomic mass is 10.0. The van der Waals surface area contributed by atoms with Crippen molar-refractivity contribution in [2.45, 2.75) is 38.8 Å². The van der Waals surface area contributed by atoms with E-state index in [1.54, 1.807) is 12.1 Å². The molecule has 0 saturated heterocycles. The van der Waals surface area contributed by atoms with E-state index in [1.165, 1.54) is 11.6 Å². The summed E-state index contributed by atoms with van der Waals surface area (Å²) in [7, 11) is 0. The van der Waals surface area contributed by atoms with E-state index in [9.17, 15) is 4.39 Å². The van der Waals surface area contributed by atoms with Crippen molar-refractivity contribution in [1.82, 2.24) is 5.32 Å². The molecule has 106 valence electrons. The number of benzene rings is 2. The van der Waals surface area contributed by atoms with E-state index in [-0.39, 0.29) is 11.9 Å². The van der Waals surface area contributed by atoms with Gasteiger partial charge < -0.3 is 5.32 Å². The Balaban J connectivity index is 1.83. The Labute approximate surface area is 120 Å². The second kappa shape index (κ2) is 7.20. The predicted octanol–water partition coefficient (Wildman–Crippen LogP) is 4.50. The summed E-state index contributed by atoms with van der Waals surface area (Å²) in [5.41, 5.74) is 2.36. The van der Waals surface area contributed by atoms with E-state index < -0.39 is 0 Å². The van der Waals surface area contributed by atoms with Crippen molar-refractivity contribution in [2.24, 2.45) is 0 Å². The summed E-state index contributed by atoms with van der Waals surface area (Å²) in [5.74, 6) is -0.173. The molecule has 0 aliphatic heterocycles. The lowest BCUT2D eigenvalue weighted by Crippen LogP contribution is -2.29. The average Bonchev–Trinajstić information content (AvgIpc) is 2.46. The monoisotopic (exact) mass is 271 g/mol. The molecule has 1 nitrogen and oxygen atoms in total. The molecule has 2 rings (SSSR count). The molecule has 0 spiro atoms. The van der Waals surface area contributed by atoms with E-state index in [1.807, 2.05) is 12.1 Å². The smallest absolute Gasteiger partial charge is 0.123 e.